The van der Waals surface area contributed by atoms with Crippen molar-refractivity contribution in [2.75, 3.05) is 31.1 Å². The number of hydrogen-bond acceptors (Lipinski definition) is 4. The Kier molecular flexibility index (Phi) is 7.05. The Balaban J connectivity index is 1.35. The van der Waals surface area contributed by atoms with Crippen molar-refractivity contribution in [1.29, 1.82) is 0 Å². The van der Waals surface area contributed by atoms with Gasteiger partial charge in [-0.1, -0.05) is 18.2 Å². The predicted molar refractivity (Wildman–Crippen MR) is 104 cm³/mol. The molecule has 0 saturated carbocycles. The Morgan fingerprint density at radius 1 is 1.20 bits per heavy atom. The van der Waals surface area contributed by atoms with Crippen molar-refractivity contribution >= 4 is 17.7 Å². The molecule has 2 heterocycles. The molecule has 1 atom stereocenters. The van der Waals surface area contributed by atoms with Gasteiger partial charge in [-0.15, -0.1) is 0 Å². The summed E-state index contributed by atoms with van der Waals surface area (Å²) in [5.41, 5.74) is 0. The summed E-state index contributed by atoms with van der Waals surface area (Å²) in [5, 5.41) is 3.08. The number of nitrogens with one attached hydrogen (secondary N) is 1. The SMILES string of the molecule is C[C@@H](Oc1ccccc1)C(=O)NCC1CCN(C2CCSCC2)CC1. The number of carbonyl (C=O) groups is 1. The van der Waals surface area contributed by atoms with E-state index in [1.54, 1.807) is 0 Å². The van der Waals surface area contributed by atoms with Crippen LogP contribution in [-0.2, 0) is 4.79 Å². The summed E-state index contributed by atoms with van der Waals surface area (Å²) < 4.78 is 5.69. The van der Waals surface area contributed by atoms with E-state index in [9.17, 15) is 4.79 Å². The molecule has 3 rings (SSSR count). The number of carbonyl (C=O) groups excluding carboxylic acids is 1. The number of ether oxygens (including phenoxy) is 1. The largest absolute Gasteiger partial charge is 0.481 e. The molecule has 2 fully saturated rings. The summed E-state index contributed by atoms with van der Waals surface area (Å²) >= 11 is 2.09. The number of amides is 1. The van der Waals surface area contributed by atoms with Gasteiger partial charge in [0.1, 0.15) is 5.75 Å². The van der Waals surface area contributed by atoms with E-state index in [2.05, 4.69) is 22.0 Å². The van der Waals surface area contributed by atoms with Gasteiger partial charge in [-0.25, -0.2) is 0 Å². The molecule has 138 valence electrons. The van der Waals surface area contributed by atoms with Crippen LogP contribution in [0.2, 0.25) is 0 Å². The van der Waals surface area contributed by atoms with E-state index >= 15 is 0 Å². The van der Waals surface area contributed by atoms with Crippen LogP contribution >= 0.6 is 11.8 Å². The molecule has 1 aromatic rings. The second kappa shape index (κ2) is 9.48. The minimum Gasteiger partial charge on any atom is -0.481 e. The van der Waals surface area contributed by atoms with Crippen LogP contribution in [0.1, 0.15) is 32.6 Å². The van der Waals surface area contributed by atoms with Gasteiger partial charge >= 0.3 is 0 Å². The highest BCUT2D eigenvalue weighted by atomic mass is 32.2. The zero-order chi connectivity index (χ0) is 17.5. The molecule has 5 heteroatoms. The summed E-state index contributed by atoms with van der Waals surface area (Å²) in [7, 11) is 0. The van der Waals surface area contributed by atoms with Gasteiger partial charge in [-0.2, -0.15) is 11.8 Å². The second-order valence-corrected chi connectivity index (χ2v) is 8.37. The normalized spacial score (nSPS) is 21.6. The number of nitrogens with zero attached hydrogens (tertiary/aromatic N) is 1. The quantitative estimate of drug-likeness (QED) is 0.844. The maximum absolute atomic E-state index is 12.3. The molecule has 1 aromatic carbocycles. The van der Waals surface area contributed by atoms with Crippen molar-refractivity contribution in [3.8, 4) is 5.75 Å². The minimum absolute atomic E-state index is 0.0180. The molecule has 4 nitrogen and oxygen atoms in total. The van der Waals surface area contributed by atoms with Crippen LogP contribution in [-0.4, -0.2) is 54.1 Å². The third-order valence-electron chi connectivity index (χ3n) is 5.35. The van der Waals surface area contributed by atoms with Gasteiger partial charge in [0.15, 0.2) is 6.10 Å². The fourth-order valence-electron chi connectivity index (χ4n) is 3.72. The molecule has 1 amide bonds. The van der Waals surface area contributed by atoms with E-state index in [4.69, 9.17) is 4.74 Å². The predicted octanol–water partition coefficient (Wildman–Crippen LogP) is 3.18. The number of likely N-dealkylation sites (tertiary alicyclic amines) is 1. The molecule has 2 saturated heterocycles. The molecule has 0 bridgehead atoms. The third-order valence-corrected chi connectivity index (χ3v) is 6.40. The minimum atomic E-state index is -0.456. The standard InChI is InChI=1S/C20H30N2O2S/c1-16(24-19-5-3-2-4-6-19)20(23)21-15-17-7-11-22(12-8-17)18-9-13-25-14-10-18/h2-6,16-18H,7-15H2,1H3,(H,21,23)/t16-/m1/s1. The average Bonchev–Trinajstić information content (AvgIpc) is 2.68. The van der Waals surface area contributed by atoms with Crippen molar-refractivity contribution in [3.05, 3.63) is 30.3 Å². The van der Waals surface area contributed by atoms with E-state index in [-0.39, 0.29) is 5.91 Å². The Morgan fingerprint density at radius 2 is 1.88 bits per heavy atom. The second-order valence-electron chi connectivity index (χ2n) is 7.14. The lowest BCUT2D eigenvalue weighted by Crippen LogP contribution is -2.46. The summed E-state index contributed by atoms with van der Waals surface area (Å²) in [6, 6.07) is 10.3. The van der Waals surface area contributed by atoms with Gasteiger partial charge in [-0.3, -0.25) is 4.79 Å². The molecular formula is C20H30N2O2S. The highest BCUT2D eigenvalue weighted by Crippen LogP contribution is 2.26. The van der Waals surface area contributed by atoms with Gasteiger partial charge in [0.25, 0.3) is 5.91 Å². The molecule has 0 aromatic heterocycles. The maximum Gasteiger partial charge on any atom is 0.260 e. The topological polar surface area (TPSA) is 41.6 Å². The fourth-order valence-corrected chi connectivity index (χ4v) is 4.80. The Hall–Kier alpha value is -1.20. The van der Waals surface area contributed by atoms with Crippen molar-refractivity contribution in [1.82, 2.24) is 10.2 Å². The smallest absolute Gasteiger partial charge is 0.260 e. The third kappa shape index (κ3) is 5.65. The molecule has 2 aliphatic rings. The van der Waals surface area contributed by atoms with Gasteiger partial charge < -0.3 is 15.0 Å². The van der Waals surface area contributed by atoms with Crippen LogP contribution in [0.5, 0.6) is 5.75 Å². The van der Waals surface area contributed by atoms with E-state index in [0.29, 0.717) is 5.92 Å². The zero-order valence-corrected chi connectivity index (χ0v) is 16.0. The first-order chi connectivity index (χ1) is 12.2. The number of para-hydroxylation sites is 1. The van der Waals surface area contributed by atoms with Crippen LogP contribution in [0.3, 0.4) is 0 Å². The van der Waals surface area contributed by atoms with Gasteiger partial charge in [-0.05, 0) is 75.3 Å². The van der Waals surface area contributed by atoms with Crippen molar-refractivity contribution < 1.29 is 9.53 Å². The average molecular weight is 363 g/mol. The molecule has 0 aliphatic carbocycles. The van der Waals surface area contributed by atoms with Crippen LogP contribution in [0.4, 0.5) is 0 Å². The van der Waals surface area contributed by atoms with Crippen molar-refractivity contribution in [3.63, 3.8) is 0 Å². The van der Waals surface area contributed by atoms with Crippen LogP contribution in [0.15, 0.2) is 30.3 Å². The highest BCUT2D eigenvalue weighted by Gasteiger charge is 2.26. The lowest BCUT2D eigenvalue weighted by molar-refractivity contribution is -0.127. The molecule has 0 spiro atoms. The maximum atomic E-state index is 12.3. The molecule has 1 N–H and O–H groups in total. The van der Waals surface area contributed by atoms with Gasteiger partial charge in [0, 0.05) is 12.6 Å². The Bertz CT molecular complexity index is 526. The molecule has 25 heavy (non-hydrogen) atoms. The fraction of sp³-hybridized carbons (Fsp3) is 0.650. The van der Waals surface area contributed by atoms with Crippen molar-refractivity contribution in [2.24, 2.45) is 5.92 Å². The first kappa shape index (κ1) is 18.6. The van der Waals surface area contributed by atoms with Crippen LogP contribution in [0.25, 0.3) is 0 Å². The van der Waals surface area contributed by atoms with Crippen molar-refractivity contribution in [2.45, 2.75) is 44.8 Å². The highest BCUT2D eigenvalue weighted by molar-refractivity contribution is 7.99. The number of benzene rings is 1. The first-order valence-corrected chi connectivity index (χ1v) is 10.7. The summed E-state index contributed by atoms with van der Waals surface area (Å²) in [6.07, 6.45) is 4.62. The summed E-state index contributed by atoms with van der Waals surface area (Å²) in [5.74, 6) is 3.96. The monoisotopic (exact) mass is 362 g/mol. The summed E-state index contributed by atoms with van der Waals surface area (Å²) in [4.78, 5) is 14.9. The lowest BCUT2D eigenvalue weighted by atomic mass is 9.94. The van der Waals surface area contributed by atoms with E-state index in [0.717, 1.165) is 18.3 Å². The van der Waals surface area contributed by atoms with Gasteiger partial charge in [0.2, 0.25) is 0 Å². The Labute approximate surface area is 155 Å². The Morgan fingerprint density at radius 3 is 2.56 bits per heavy atom. The van der Waals surface area contributed by atoms with Gasteiger partial charge in [0.05, 0.1) is 0 Å². The number of hydrogen-bond donors (Lipinski definition) is 1. The van der Waals surface area contributed by atoms with E-state index in [1.165, 1.54) is 50.3 Å². The zero-order valence-electron chi connectivity index (χ0n) is 15.2. The molecular weight excluding hydrogens is 332 g/mol. The first-order valence-electron chi connectivity index (χ1n) is 9.53. The summed E-state index contributed by atoms with van der Waals surface area (Å²) in [6.45, 7) is 4.96. The van der Waals surface area contributed by atoms with Crippen LogP contribution in [0, 0.1) is 5.92 Å². The molecule has 2 aliphatic heterocycles. The number of piperidine rings is 1. The molecule has 0 radical (unpaired) electrons. The lowest BCUT2D eigenvalue weighted by Gasteiger charge is -2.39. The van der Waals surface area contributed by atoms with Crippen LogP contribution < -0.4 is 10.1 Å². The number of thioether (sulfide) groups is 1. The molecule has 0 unspecified atom stereocenters. The number of rotatable bonds is 6. The van der Waals surface area contributed by atoms with E-state index < -0.39 is 6.10 Å². The van der Waals surface area contributed by atoms with E-state index in [1.807, 2.05) is 37.3 Å².